The number of hydrogen-bond acceptors (Lipinski definition) is 6. The van der Waals surface area contributed by atoms with E-state index in [0.29, 0.717) is 0 Å². The number of ether oxygens (including phenoxy) is 1. The van der Waals surface area contributed by atoms with Gasteiger partial charge in [0.1, 0.15) is 5.82 Å². The van der Waals surface area contributed by atoms with Crippen molar-refractivity contribution in [3.8, 4) is 0 Å². The molecule has 6 heteroatoms. The highest BCUT2D eigenvalue weighted by Crippen LogP contribution is 2.27. The third-order valence-electron chi connectivity index (χ3n) is 5.55. The molecule has 0 spiro atoms. The molecule has 0 atom stereocenters. The maximum atomic E-state index is 5.42. The van der Waals surface area contributed by atoms with E-state index in [1.54, 1.807) is 0 Å². The molecule has 2 aliphatic rings. The van der Waals surface area contributed by atoms with E-state index < -0.39 is 0 Å². The Bertz CT molecular complexity index is 724. The number of morpholine rings is 1. The Morgan fingerprint density at radius 3 is 2.44 bits per heavy atom. The summed E-state index contributed by atoms with van der Waals surface area (Å²) < 4.78 is 5.42. The predicted octanol–water partition coefficient (Wildman–Crippen LogP) is 3.14. The monoisotopic (exact) mass is 369 g/mol. The fourth-order valence-corrected chi connectivity index (χ4v) is 3.99. The molecule has 1 aromatic heterocycles. The molecule has 0 amide bonds. The summed E-state index contributed by atoms with van der Waals surface area (Å²) in [7, 11) is 0. The van der Waals surface area contributed by atoms with Crippen LogP contribution in [0.15, 0.2) is 24.3 Å². The van der Waals surface area contributed by atoms with E-state index in [1.807, 2.05) is 0 Å². The van der Waals surface area contributed by atoms with Gasteiger partial charge >= 0.3 is 0 Å². The van der Waals surface area contributed by atoms with Gasteiger partial charge < -0.3 is 15.0 Å². The molecule has 0 saturated carbocycles. The van der Waals surface area contributed by atoms with Crippen molar-refractivity contribution in [3.05, 3.63) is 24.3 Å². The lowest BCUT2D eigenvalue weighted by Crippen LogP contribution is -2.39. The summed E-state index contributed by atoms with van der Waals surface area (Å²) in [6.07, 6.45) is 6.51. The zero-order valence-corrected chi connectivity index (χ0v) is 16.2. The van der Waals surface area contributed by atoms with Gasteiger partial charge in [-0.05, 0) is 25.0 Å². The van der Waals surface area contributed by atoms with Gasteiger partial charge in [-0.2, -0.15) is 4.98 Å². The largest absolute Gasteiger partial charge is 0.379 e. The first-order valence-corrected chi connectivity index (χ1v) is 10.5. The standard InChI is InChI=1S/C21H31N5O/c1-2-6-11-26(12-7-3-1)20-18-8-4-5-9-19(18)23-21(24-20)22-10-13-25-14-16-27-17-15-25/h4-5,8-9H,1-3,6-7,10-17H2,(H,22,23,24). The lowest BCUT2D eigenvalue weighted by molar-refractivity contribution is 0.0398. The maximum absolute atomic E-state index is 5.42. The Balaban J connectivity index is 1.50. The van der Waals surface area contributed by atoms with Crippen LogP contribution >= 0.6 is 0 Å². The van der Waals surface area contributed by atoms with Crippen LogP contribution < -0.4 is 10.2 Å². The average Bonchev–Trinajstić information content (AvgIpc) is 2.68. The second-order valence-electron chi connectivity index (χ2n) is 7.52. The van der Waals surface area contributed by atoms with Gasteiger partial charge in [-0.3, -0.25) is 4.90 Å². The normalized spacial score (nSPS) is 19.6. The second-order valence-corrected chi connectivity index (χ2v) is 7.52. The third-order valence-corrected chi connectivity index (χ3v) is 5.55. The van der Waals surface area contributed by atoms with Crippen molar-refractivity contribution < 1.29 is 4.74 Å². The number of anilines is 2. The molecule has 0 unspecified atom stereocenters. The molecule has 27 heavy (non-hydrogen) atoms. The number of fused-ring (bicyclic) bond motifs is 1. The third kappa shape index (κ3) is 4.87. The number of nitrogens with one attached hydrogen (secondary N) is 1. The maximum Gasteiger partial charge on any atom is 0.225 e. The van der Waals surface area contributed by atoms with Gasteiger partial charge in [-0.25, -0.2) is 4.98 Å². The summed E-state index contributed by atoms with van der Waals surface area (Å²) in [4.78, 5) is 14.6. The van der Waals surface area contributed by atoms with Crippen molar-refractivity contribution in [1.29, 1.82) is 0 Å². The van der Waals surface area contributed by atoms with Crippen LogP contribution in [0.5, 0.6) is 0 Å². The number of aromatic nitrogens is 2. The fourth-order valence-electron chi connectivity index (χ4n) is 3.99. The molecule has 0 radical (unpaired) electrons. The minimum absolute atomic E-state index is 0.749. The number of rotatable bonds is 5. The Morgan fingerprint density at radius 2 is 1.63 bits per heavy atom. The van der Waals surface area contributed by atoms with Crippen LogP contribution in [-0.4, -0.2) is 67.4 Å². The van der Waals surface area contributed by atoms with Crippen molar-refractivity contribution in [3.63, 3.8) is 0 Å². The highest BCUT2D eigenvalue weighted by molar-refractivity contribution is 5.90. The highest BCUT2D eigenvalue weighted by atomic mass is 16.5. The van der Waals surface area contributed by atoms with Crippen LogP contribution in [0.1, 0.15) is 32.1 Å². The van der Waals surface area contributed by atoms with E-state index in [1.165, 1.54) is 32.1 Å². The molecular formula is C21H31N5O. The molecule has 2 fully saturated rings. The van der Waals surface area contributed by atoms with Crippen molar-refractivity contribution in [2.45, 2.75) is 32.1 Å². The summed E-state index contributed by atoms with van der Waals surface area (Å²) in [5.41, 5.74) is 1.03. The lowest BCUT2D eigenvalue weighted by Gasteiger charge is -2.28. The van der Waals surface area contributed by atoms with Gasteiger partial charge in [-0.1, -0.05) is 31.4 Å². The number of hydrogen-bond donors (Lipinski definition) is 1. The highest BCUT2D eigenvalue weighted by Gasteiger charge is 2.16. The molecule has 1 aromatic carbocycles. The Morgan fingerprint density at radius 1 is 0.889 bits per heavy atom. The molecule has 1 N–H and O–H groups in total. The van der Waals surface area contributed by atoms with Crippen LogP contribution in [0.25, 0.3) is 10.9 Å². The number of para-hydroxylation sites is 1. The molecule has 2 aliphatic heterocycles. The fraction of sp³-hybridized carbons (Fsp3) is 0.619. The average molecular weight is 370 g/mol. The van der Waals surface area contributed by atoms with E-state index in [9.17, 15) is 0 Å². The van der Waals surface area contributed by atoms with Crippen LogP contribution in [0.2, 0.25) is 0 Å². The number of nitrogens with zero attached hydrogens (tertiary/aromatic N) is 4. The van der Waals surface area contributed by atoms with Crippen molar-refractivity contribution in [2.75, 3.05) is 62.7 Å². The minimum Gasteiger partial charge on any atom is -0.379 e. The van der Waals surface area contributed by atoms with Gasteiger partial charge in [0.05, 0.1) is 18.7 Å². The van der Waals surface area contributed by atoms with Gasteiger partial charge in [0.2, 0.25) is 5.95 Å². The molecule has 3 heterocycles. The molecule has 146 valence electrons. The van der Waals surface area contributed by atoms with E-state index in [4.69, 9.17) is 14.7 Å². The van der Waals surface area contributed by atoms with Crippen molar-refractivity contribution in [2.24, 2.45) is 0 Å². The summed E-state index contributed by atoms with van der Waals surface area (Å²) in [5.74, 6) is 1.84. The van der Waals surface area contributed by atoms with E-state index in [-0.39, 0.29) is 0 Å². The SMILES string of the molecule is c1ccc2c(N3CCCCCCC3)nc(NCCN3CCOCC3)nc2c1. The van der Waals surface area contributed by atoms with E-state index in [2.05, 4.69) is 39.4 Å². The van der Waals surface area contributed by atoms with Gasteiger partial charge in [-0.15, -0.1) is 0 Å². The topological polar surface area (TPSA) is 53.5 Å². The molecule has 0 aliphatic carbocycles. The number of benzene rings is 1. The zero-order chi connectivity index (χ0) is 18.3. The van der Waals surface area contributed by atoms with Crippen LogP contribution in [0.4, 0.5) is 11.8 Å². The Kier molecular flexibility index (Phi) is 6.37. The smallest absolute Gasteiger partial charge is 0.225 e. The first-order valence-electron chi connectivity index (χ1n) is 10.5. The molecule has 6 nitrogen and oxygen atoms in total. The van der Waals surface area contributed by atoms with Crippen molar-refractivity contribution in [1.82, 2.24) is 14.9 Å². The quantitative estimate of drug-likeness (QED) is 0.874. The van der Waals surface area contributed by atoms with Crippen LogP contribution in [0, 0.1) is 0 Å². The van der Waals surface area contributed by atoms with Crippen LogP contribution in [0.3, 0.4) is 0 Å². The van der Waals surface area contributed by atoms with Crippen molar-refractivity contribution >= 4 is 22.7 Å². The molecule has 2 aromatic rings. The van der Waals surface area contributed by atoms with E-state index in [0.717, 1.165) is 75.2 Å². The summed E-state index contributed by atoms with van der Waals surface area (Å²) in [6.45, 7) is 7.74. The Labute approximate surface area is 161 Å². The van der Waals surface area contributed by atoms with Crippen LogP contribution in [-0.2, 0) is 4.74 Å². The minimum atomic E-state index is 0.749. The Hall–Kier alpha value is -1.92. The van der Waals surface area contributed by atoms with E-state index >= 15 is 0 Å². The molecular weight excluding hydrogens is 338 g/mol. The van der Waals surface area contributed by atoms with Gasteiger partial charge in [0.15, 0.2) is 0 Å². The molecule has 2 saturated heterocycles. The van der Waals surface area contributed by atoms with Gasteiger partial charge in [0, 0.05) is 44.7 Å². The summed E-state index contributed by atoms with van der Waals surface area (Å²) in [5, 5.41) is 4.62. The first-order chi connectivity index (χ1) is 13.4. The second kappa shape index (κ2) is 9.33. The predicted molar refractivity (Wildman–Crippen MR) is 111 cm³/mol. The summed E-state index contributed by atoms with van der Waals surface area (Å²) >= 11 is 0. The summed E-state index contributed by atoms with van der Waals surface area (Å²) in [6, 6.07) is 8.40. The lowest BCUT2D eigenvalue weighted by atomic mass is 10.1. The zero-order valence-electron chi connectivity index (χ0n) is 16.2. The van der Waals surface area contributed by atoms with Gasteiger partial charge in [0.25, 0.3) is 0 Å². The molecule has 0 bridgehead atoms. The molecule has 4 rings (SSSR count). The first kappa shape index (κ1) is 18.4.